The molecule has 164 valence electrons. The summed E-state index contributed by atoms with van der Waals surface area (Å²) >= 11 is 0. The highest BCUT2D eigenvalue weighted by Crippen LogP contribution is 2.17. The highest BCUT2D eigenvalue weighted by Gasteiger charge is 2.43. The zero-order chi connectivity index (χ0) is 20.9. The van der Waals surface area contributed by atoms with E-state index in [-0.39, 0.29) is 6.10 Å². The quantitative estimate of drug-likeness (QED) is 0.307. The van der Waals surface area contributed by atoms with Crippen LogP contribution < -0.4 is 10.4 Å². The lowest BCUT2D eigenvalue weighted by atomic mass is 10.1. The van der Waals surface area contributed by atoms with E-state index in [1.807, 2.05) is 0 Å². The van der Waals surface area contributed by atoms with E-state index in [1.54, 1.807) is 0 Å². The molecular formula is C26H38O3Si. The molecular weight excluding hydrogens is 388 g/mol. The molecule has 0 spiro atoms. The molecule has 1 atom stereocenters. The minimum atomic E-state index is -2.78. The van der Waals surface area contributed by atoms with Gasteiger partial charge in [-0.2, -0.15) is 0 Å². The molecule has 2 aromatic carbocycles. The number of rotatable bonds is 14. The molecule has 30 heavy (non-hydrogen) atoms. The lowest BCUT2D eigenvalue weighted by Crippen LogP contribution is -2.64. The zero-order valence-corrected chi connectivity index (χ0v) is 19.6. The highest BCUT2D eigenvalue weighted by atomic mass is 28.4. The van der Waals surface area contributed by atoms with Gasteiger partial charge in [0.2, 0.25) is 0 Å². The van der Waals surface area contributed by atoms with Crippen LogP contribution in [-0.4, -0.2) is 34.5 Å². The fraction of sp³-hybridized carbons (Fsp3) is 0.538. The Hall–Kier alpha value is -1.46. The summed E-state index contributed by atoms with van der Waals surface area (Å²) in [7, 11) is -2.78. The fourth-order valence-corrected chi connectivity index (χ4v) is 7.32. The van der Waals surface area contributed by atoms with Crippen molar-refractivity contribution in [3.63, 3.8) is 0 Å². The minimum Gasteiger partial charge on any atom is -0.388 e. The van der Waals surface area contributed by atoms with Crippen molar-refractivity contribution in [3.8, 4) is 0 Å². The lowest BCUT2D eigenvalue weighted by Gasteiger charge is -2.32. The second kappa shape index (κ2) is 13.1. The van der Waals surface area contributed by atoms with Crippen LogP contribution in [0.25, 0.3) is 0 Å². The molecule has 4 heteroatoms. The SMILES string of the molecule is CCCCCCCCCO[Si](OCC1CCCO1)(c1ccccc1)c1ccccc1. The molecule has 3 rings (SSSR count). The van der Waals surface area contributed by atoms with Crippen molar-refractivity contribution < 1.29 is 13.6 Å². The second-order valence-corrected chi connectivity index (χ2v) is 11.2. The van der Waals surface area contributed by atoms with E-state index in [2.05, 4.69) is 67.6 Å². The molecule has 1 aliphatic rings. The van der Waals surface area contributed by atoms with Crippen LogP contribution in [0.3, 0.4) is 0 Å². The molecule has 0 radical (unpaired) electrons. The first-order valence-corrected chi connectivity index (χ1v) is 13.7. The summed E-state index contributed by atoms with van der Waals surface area (Å²) < 4.78 is 19.3. The number of ether oxygens (including phenoxy) is 1. The molecule has 0 bridgehead atoms. The van der Waals surface area contributed by atoms with Crippen molar-refractivity contribution >= 4 is 18.9 Å². The van der Waals surface area contributed by atoms with Gasteiger partial charge in [-0.1, -0.05) is 106 Å². The van der Waals surface area contributed by atoms with Gasteiger partial charge in [0.1, 0.15) is 0 Å². The van der Waals surface area contributed by atoms with Gasteiger partial charge in [0, 0.05) is 13.2 Å². The lowest BCUT2D eigenvalue weighted by molar-refractivity contribution is 0.0535. The van der Waals surface area contributed by atoms with Crippen LogP contribution in [0.15, 0.2) is 60.7 Å². The monoisotopic (exact) mass is 426 g/mol. The maximum absolute atomic E-state index is 6.75. The van der Waals surface area contributed by atoms with E-state index in [0.29, 0.717) is 6.61 Å². The Morgan fingerprint density at radius 1 is 0.800 bits per heavy atom. The maximum Gasteiger partial charge on any atom is 0.407 e. The Bertz CT molecular complexity index is 646. The van der Waals surface area contributed by atoms with E-state index in [1.165, 1.54) is 48.9 Å². The molecule has 0 saturated carbocycles. The number of benzene rings is 2. The van der Waals surface area contributed by atoms with E-state index in [9.17, 15) is 0 Å². The minimum absolute atomic E-state index is 0.187. The van der Waals surface area contributed by atoms with Crippen LogP contribution in [0, 0.1) is 0 Å². The van der Waals surface area contributed by atoms with Crippen molar-refractivity contribution in [1.82, 2.24) is 0 Å². The second-order valence-electron chi connectivity index (χ2n) is 8.26. The molecule has 1 heterocycles. The summed E-state index contributed by atoms with van der Waals surface area (Å²) in [4.78, 5) is 0. The van der Waals surface area contributed by atoms with Crippen LogP contribution in [-0.2, 0) is 13.6 Å². The highest BCUT2D eigenvalue weighted by molar-refractivity contribution is 6.92. The van der Waals surface area contributed by atoms with Crippen LogP contribution in [0.1, 0.15) is 64.7 Å². The maximum atomic E-state index is 6.75. The largest absolute Gasteiger partial charge is 0.407 e. The van der Waals surface area contributed by atoms with Gasteiger partial charge in [-0.15, -0.1) is 0 Å². The summed E-state index contributed by atoms with van der Waals surface area (Å²) in [5.74, 6) is 0. The summed E-state index contributed by atoms with van der Waals surface area (Å²) in [5, 5.41) is 2.36. The normalized spacial score (nSPS) is 16.8. The molecule has 2 aromatic rings. The average Bonchev–Trinajstić information content (AvgIpc) is 3.33. The van der Waals surface area contributed by atoms with Gasteiger partial charge in [0.05, 0.1) is 12.7 Å². The van der Waals surface area contributed by atoms with Gasteiger partial charge in [-0.05, 0) is 29.6 Å². The van der Waals surface area contributed by atoms with Gasteiger partial charge in [-0.3, -0.25) is 0 Å². The average molecular weight is 427 g/mol. The molecule has 1 aliphatic heterocycles. The van der Waals surface area contributed by atoms with Crippen molar-refractivity contribution in [2.24, 2.45) is 0 Å². The standard InChI is InChI=1S/C26H38O3Si/c1-2-3-4-5-6-7-14-22-28-30(25-17-10-8-11-18-25,26-19-12-9-13-20-26)29-23-24-16-15-21-27-24/h8-13,17-20,24H,2-7,14-16,21-23H2,1H3. The third-order valence-corrected chi connectivity index (χ3v) is 9.23. The van der Waals surface area contributed by atoms with E-state index in [4.69, 9.17) is 13.6 Å². The first-order valence-electron chi connectivity index (χ1n) is 11.9. The zero-order valence-electron chi connectivity index (χ0n) is 18.6. The van der Waals surface area contributed by atoms with Gasteiger partial charge < -0.3 is 13.6 Å². The Morgan fingerprint density at radius 3 is 1.97 bits per heavy atom. The van der Waals surface area contributed by atoms with Crippen LogP contribution in [0.4, 0.5) is 0 Å². The van der Waals surface area contributed by atoms with Crippen molar-refractivity contribution in [1.29, 1.82) is 0 Å². The number of unbranched alkanes of at least 4 members (excludes halogenated alkanes) is 6. The first kappa shape index (κ1) is 23.2. The summed E-state index contributed by atoms with van der Waals surface area (Å²) in [5.41, 5.74) is 0. The van der Waals surface area contributed by atoms with Gasteiger partial charge in [0.15, 0.2) is 0 Å². The summed E-state index contributed by atoms with van der Waals surface area (Å²) in [6.07, 6.45) is 11.3. The summed E-state index contributed by atoms with van der Waals surface area (Å²) in [6.45, 7) is 4.46. The Labute approximate surface area is 184 Å². The van der Waals surface area contributed by atoms with Crippen LogP contribution >= 0.6 is 0 Å². The van der Waals surface area contributed by atoms with Crippen LogP contribution in [0.5, 0.6) is 0 Å². The molecule has 0 aromatic heterocycles. The van der Waals surface area contributed by atoms with E-state index in [0.717, 1.165) is 32.5 Å². The Balaban J connectivity index is 1.70. The molecule has 0 aliphatic carbocycles. The molecule has 1 unspecified atom stereocenters. The summed E-state index contributed by atoms with van der Waals surface area (Å²) in [6, 6.07) is 21.1. The van der Waals surface area contributed by atoms with E-state index < -0.39 is 8.56 Å². The number of hydrogen-bond acceptors (Lipinski definition) is 3. The topological polar surface area (TPSA) is 27.7 Å². The third-order valence-electron chi connectivity index (χ3n) is 5.86. The van der Waals surface area contributed by atoms with Crippen molar-refractivity contribution in [2.75, 3.05) is 19.8 Å². The van der Waals surface area contributed by atoms with E-state index >= 15 is 0 Å². The molecule has 0 N–H and O–H groups in total. The van der Waals surface area contributed by atoms with Crippen LogP contribution in [0.2, 0.25) is 0 Å². The predicted molar refractivity (Wildman–Crippen MR) is 127 cm³/mol. The first-order chi connectivity index (χ1) is 14.8. The van der Waals surface area contributed by atoms with Crippen molar-refractivity contribution in [3.05, 3.63) is 60.7 Å². The predicted octanol–water partition coefficient (Wildman–Crippen LogP) is 5.21. The fourth-order valence-electron chi connectivity index (χ4n) is 4.12. The van der Waals surface area contributed by atoms with Gasteiger partial charge in [-0.25, -0.2) is 0 Å². The Morgan fingerprint density at radius 2 is 1.40 bits per heavy atom. The molecule has 3 nitrogen and oxygen atoms in total. The molecule has 1 saturated heterocycles. The molecule has 0 amide bonds. The number of hydrogen-bond donors (Lipinski definition) is 0. The van der Waals surface area contributed by atoms with Gasteiger partial charge in [0.25, 0.3) is 0 Å². The van der Waals surface area contributed by atoms with Gasteiger partial charge >= 0.3 is 8.56 Å². The van der Waals surface area contributed by atoms with Crippen molar-refractivity contribution in [2.45, 2.75) is 70.8 Å². The molecule has 1 fully saturated rings. The Kier molecular flexibility index (Phi) is 10.1. The smallest absolute Gasteiger partial charge is 0.388 e. The third kappa shape index (κ3) is 6.78.